The van der Waals surface area contributed by atoms with E-state index < -0.39 is 0 Å². The number of carbonyl (C=O) groups is 1. The Bertz CT molecular complexity index is 1420. The first-order valence-electron chi connectivity index (χ1n) is 11.0. The predicted molar refractivity (Wildman–Crippen MR) is 136 cm³/mol. The minimum atomic E-state index is -0.0691. The molecule has 166 valence electrons. The monoisotopic (exact) mass is 474 g/mol. The minimum absolute atomic E-state index is 0.0691. The summed E-state index contributed by atoms with van der Waals surface area (Å²) in [5, 5.41) is 5.69. The molecule has 5 rings (SSSR count). The summed E-state index contributed by atoms with van der Waals surface area (Å²) < 4.78 is 6.41. The molecule has 0 saturated heterocycles. The van der Waals surface area contributed by atoms with Gasteiger partial charge in [0, 0.05) is 45.2 Å². The molecule has 33 heavy (non-hydrogen) atoms. The van der Waals surface area contributed by atoms with E-state index in [1.807, 2.05) is 36.5 Å². The van der Waals surface area contributed by atoms with Crippen LogP contribution >= 0.6 is 22.9 Å². The smallest absolute Gasteiger partial charge is 0.262 e. The third kappa shape index (κ3) is 4.39. The summed E-state index contributed by atoms with van der Waals surface area (Å²) in [4.78, 5) is 18.7. The summed E-state index contributed by atoms with van der Waals surface area (Å²) >= 11 is 7.80. The number of thiophene rings is 1. The summed E-state index contributed by atoms with van der Waals surface area (Å²) in [6.07, 6.45) is 6.12. The molecule has 0 aliphatic rings. The van der Waals surface area contributed by atoms with E-state index in [0.717, 1.165) is 57.1 Å². The van der Waals surface area contributed by atoms with E-state index in [4.69, 9.17) is 16.0 Å². The van der Waals surface area contributed by atoms with E-state index in [9.17, 15) is 4.79 Å². The number of halogens is 1. The molecule has 4 nitrogen and oxygen atoms in total. The van der Waals surface area contributed by atoms with Gasteiger partial charge in [0.05, 0.1) is 11.8 Å². The molecule has 0 aliphatic heterocycles. The first kappa shape index (κ1) is 21.7. The van der Waals surface area contributed by atoms with E-state index in [-0.39, 0.29) is 5.91 Å². The Morgan fingerprint density at radius 2 is 1.97 bits per heavy atom. The minimum Gasteiger partial charge on any atom is -0.469 e. The van der Waals surface area contributed by atoms with Gasteiger partial charge in [0.1, 0.15) is 10.6 Å². The van der Waals surface area contributed by atoms with Gasteiger partial charge in [0.25, 0.3) is 5.91 Å². The number of nitrogens with zero attached hydrogens (tertiary/aromatic N) is 1. The largest absolute Gasteiger partial charge is 0.469 e. The van der Waals surface area contributed by atoms with Gasteiger partial charge in [-0.2, -0.15) is 0 Å². The molecule has 6 heteroatoms. The third-order valence-corrected chi connectivity index (χ3v) is 7.28. The highest BCUT2D eigenvalue weighted by atomic mass is 35.5. The lowest BCUT2D eigenvalue weighted by Crippen LogP contribution is -2.24. The number of rotatable bonds is 7. The van der Waals surface area contributed by atoms with Crippen molar-refractivity contribution in [1.82, 2.24) is 10.3 Å². The first-order valence-corrected chi connectivity index (χ1v) is 12.2. The van der Waals surface area contributed by atoms with Crippen LogP contribution in [0.4, 0.5) is 0 Å². The quantitative estimate of drug-likeness (QED) is 0.252. The maximum atomic E-state index is 13.3. The Labute approximate surface area is 201 Å². The summed E-state index contributed by atoms with van der Waals surface area (Å²) in [6.45, 7) is 2.71. The van der Waals surface area contributed by atoms with Gasteiger partial charge in [0.15, 0.2) is 0 Å². The molecular formula is C27H23ClN2O2S. The third-order valence-electron chi connectivity index (χ3n) is 5.80. The maximum absolute atomic E-state index is 13.3. The van der Waals surface area contributed by atoms with E-state index in [1.54, 1.807) is 6.26 Å². The Kier molecular flexibility index (Phi) is 6.16. The Morgan fingerprint density at radius 3 is 2.73 bits per heavy atom. The molecule has 2 aromatic carbocycles. The van der Waals surface area contributed by atoms with Gasteiger partial charge < -0.3 is 9.73 Å². The van der Waals surface area contributed by atoms with Crippen LogP contribution in [-0.2, 0) is 12.8 Å². The van der Waals surface area contributed by atoms with Gasteiger partial charge in [-0.25, -0.2) is 0 Å². The van der Waals surface area contributed by atoms with Crippen molar-refractivity contribution in [2.75, 3.05) is 6.54 Å². The number of hydrogen-bond acceptors (Lipinski definition) is 4. The van der Waals surface area contributed by atoms with Crippen molar-refractivity contribution in [1.29, 1.82) is 0 Å². The summed E-state index contributed by atoms with van der Waals surface area (Å²) in [5.41, 5.74) is 4.07. The predicted octanol–water partition coefficient (Wildman–Crippen LogP) is 7.29. The number of hydrogen-bond donors (Lipinski definition) is 1. The molecule has 1 N–H and O–H groups in total. The van der Waals surface area contributed by atoms with Crippen molar-refractivity contribution in [3.63, 3.8) is 0 Å². The van der Waals surface area contributed by atoms with Crippen molar-refractivity contribution < 1.29 is 9.21 Å². The number of amides is 1. The van der Waals surface area contributed by atoms with Crippen LogP contribution in [0, 0.1) is 0 Å². The number of nitrogens with one attached hydrogen (secondary N) is 1. The highest BCUT2D eigenvalue weighted by Crippen LogP contribution is 2.42. The number of benzene rings is 2. The zero-order valence-electron chi connectivity index (χ0n) is 18.2. The van der Waals surface area contributed by atoms with E-state index in [0.29, 0.717) is 16.4 Å². The number of aryl methyl sites for hydroxylation is 2. The van der Waals surface area contributed by atoms with Crippen LogP contribution < -0.4 is 5.32 Å². The van der Waals surface area contributed by atoms with Gasteiger partial charge in [0.2, 0.25) is 0 Å². The van der Waals surface area contributed by atoms with Gasteiger partial charge in [-0.1, -0.05) is 42.8 Å². The molecule has 0 fully saturated rings. The molecular weight excluding hydrogens is 452 g/mol. The van der Waals surface area contributed by atoms with Crippen LogP contribution in [0.3, 0.4) is 0 Å². The lowest BCUT2D eigenvalue weighted by molar-refractivity contribution is 0.0957. The topological polar surface area (TPSA) is 55.1 Å². The molecule has 0 spiro atoms. The van der Waals surface area contributed by atoms with Crippen LogP contribution in [0.5, 0.6) is 0 Å². The Hall–Kier alpha value is -3.15. The van der Waals surface area contributed by atoms with Crippen molar-refractivity contribution in [3.05, 3.63) is 88.3 Å². The van der Waals surface area contributed by atoms with Crippen molar-refractivity contribution in [2.45, 2.75) is 26.2 Å². The summed E-state index contributed by atoms with van der Waals surface area (Å²) in [5.74, 6) is 0.859. The molecule has 3 heterocycles. The second kappa shape index (κ2) is 9.38. The Morgan fingerprint density at radius 1 is 1.12 bits per heavy atom. The highest BCUT2D eigenvalue weighted by molar-refractivity contribution is 7.22. The maximum Gasteiger partial charge on any atom is 0.262 e. The molecule has 3 aromatic heterocycles. The molecule has 0 aliphatic carbocycles. The van der Waals surface area contributed by atoms with Gasteiger partial charge in [-0.15, -0.1) is 11.3 Å². The van der Waals surface area contributed by atoms with Gasteiger partial charge in [-0.3, -0.25) is 9.78 Å². The van der Waals surface area contributed by atoms with Crippen LogP contribution in [0.15, 0.2) is 71.5 Å². The van der Waals surface area contributed by atoms with E-state index in [2.05, 4.69) is 41.5 Å². The van der Waals surface area contributed by atoms with E-state index in [1.165, 1.54) is 16.9 Å². The average Bonchev–Trinajstić information content (AvgIpc) is 3.50. The zero-order chi connectivity index (χ0) is 22.8. The van der Waals surface area contributed by atoms with E-state index >= 15 is 0 Å². The molecule has 0 atom stereocenters. The normalized spacial score (nSPS) is 11.3. The van der Waals surface area contributed by atoms with Crippen LogP contribution in [-0.4, -0.2) is 17.4 Å². The summed E-state index contributed by atoms with van der Waals surface area (Å²) in [7, 11) is 0. The molecule has 0 bridgehead atoms. The van der Waals surface area contributed by atoms with Gasteiger partial charge in [-0.05, 0) is 54.3 Å². The molecule has 0 saturated carbocycles. The van der Waals surface area contributed by atoms with Gasteiger partial charge >= 0.3 is 0 Å². The number of pyridine rings is 1. The lowest BCUT2D eigenvalue weighted by atomic mass is 9.99. The first-order chi connectivity index (χ1) is 16.1. The number of furan rings is 1. The Balaban J connectivity index is 1.54. The molecule has 0 unspecified atom stereocenters. The number of fused-ring (bicyclic) bond motifs is 3. The zero-order valence-corrected chi connectivity index (χ0v) is 19.8. The second-order valence-corrected chi connectivity index (χ2v) is 9.42. The van der Waals surface area contributed by atoms with Crippen LogP contribution in [0.25, 0.3) is 32.1 Å². The average molecular weight is 475 g/mol. The SMILES string of the molecule is CCc1ccc(-c2c(C(=O)NCCCc3ccco3)sc3c2cnc2ccc(Cl)cc23)cc1. The lowest BCUT2D eigenvalue weighted by Gasteiger charge is -2.08. The second-order valence-electron chi connectivity index (χ2n) is 7.96. The fraction of sp³-hybridized carbons (Fsp3) is 0.185. The fourth-order valence-corrected chi connectivity index (χ4v) is 5.47. The van der Waals surface area contributed by atoms with Crippen LogP contribution in [0.1, 0.15) is 34.3 Å². The van der Waals surface area contributed by atoms with Crippen LogP contribution in [0.2, 0.25) is 5.02 Å². The number of carbonyl (C=O) groups excluding carboxylic acids is 1. The standard InChI is InChI=1S/C27H23ClN2O2S/c1-2-17-7-9-18(10-8-17)24-22-16-30-23-12-11-19(28)15-21(23)25(22)33-26(24)27(31)29-13-3-5-20-6-4-14-32-20/h4,6-12,14-16H,2-3,5,13H2,1H3,(H,29,31). The van der Waals surface area contributed by atoms with Crippen molar-refractivity contribution in [2.24, 2.45) is 0 Å². The van der Waals surface area contributed by atoms with Crippen molar-refractivity contribution in [3.8, 4) is 11.1 Å². The fourth-order valence-electron chi connectivity index (χ4n) is 4.06. The van der Waals surface area contributed by atoms with Crippen molar-refractivity contribution >= 4 is 49.8 Å². The molecule has 5 aromatic rings. The number of aromatic nitrogens is 1. The highest BCUT2D eigenvalue weighted by Gasteiger charge is 2.21. The molecule has 0 radical (unpaired) electrons. The molecule has 1 amide bonds. The summed E-state index contributed by atoms with van der Waals surface area (Å²) in [6, 6.07) is 17.9.